The second-order valence-corrected chi connectivity index (χ2v) is 6.08. The summed E-state index contributed by atoms with van der Waals surface area (Å²) in [6.45, 7) is 6.84. The molecule has 5 nitrogen and oxygen atoms in total. The Morgan fingerprint density at radius 2 is 1.78 bits per heavy atom. The molecule has 5 heteroatoms. The van der Waals surface area contributed by atoms with Crippen LogP contribution in [0.4, 0.5) is 0 Å². The molecule has 1 aromatic carbocycles. The van der Waals surface area contributed by atoms with E-state index in [9.17, 15) is 9.90 Å². The molecule has 0 aliphatic carbocycles. The molecular weight excluding hydrogens is 290 g/mol. The van der Waals surface area contributed by atoms with E-state index < -0.39 is 5.60 Å². The minimum Gasteiger partial charge on any atom is -0.389 e. The molecule has 2 aromatic rings. The first-order valence-electron chi connectivity index (χ1n) is 8.19. The number of rotatable bonds is 7. The van der Waals surface area contributed by atoms with Gasteiger partial charge in [0, 0.05) is 25.8 Å². The largest absolute Gasteiger partial charge is 0.389 e. The highest BCUT2D eigenvalue weighted by molar-refractivity contribution is 5.33. The van der Waals surface area contributed by atoms with E-state index in [1.165, 1.54) is 0 Å². The first-order valence-corrected chi connectivity index (χ1v) is 8.19. The Kier molecular flexibility index (Phi) is 5.44. The van der Waals surface area contributed by atoms with Crippen LogP contribution < -0.4 is 10.9 Å². The molecule has 0 radical (unpaired) electrons. The predicted octanol–water partition coefficient (Wildman–Crippen LogP) is 2.13. The van der Waals surface area contributed by atoms with Gasteiger partial charge < -0.3 is 10.4 Å². The number of hydrogen-bond donors (Lipinski definition) is 2. The number of aliphatic hydroxyl groups is 1. The van der Waals surface area contributed by atoms with E-state index in [-0.39, 0.29) is 5.56 Å². The van der Waals surface area contributed by atoms with Gasteiger partial charge in [-0.1, -0.05) is 32.0 Å². The van der Waals surface area contributed by atoms with Gasteiger partial charge in [-0.05, 0) is 31.9 Å². The van der Waals surface area contributed by atoms with Crippen LogP contribution >= 0.6 is 0 Å². The SMILES string of the molecule is CCC(O)(CC)CNCc1c(C)n(C)n(-c2ccccc2)c1=O. The Balaban J connectivity index is 2.23. The fourth-order valence-corrected chi connectivity index (χ4v) is 2.75. The summed E-state index contributed by atoms with van der Waals surface area (Å²) in [7, 11) is 1.89. The molecule has 0 saturated heterocycles. The predicted molar refractivity (Wildman–Crippen MR) is 93.0 cm³/mol. The molecule has 0 atom stereocenters. The average molecular weight is 317 g/mol. The summed E-state index contributed by atoms with van der Waals surface area (Å²) in [4.78, 5) is 12.7. The van der Waals surface area contributed by atoms with Gasteiger partial charge in [0.25, 0.3) is 5.56 Å². The molecule has 0 unspecified atom stereocenters. The van der Waals surface area contributed by atoms with E-state index in [0.717, 1.165) is 16.9 Å². The molecule has 23 heavy (non-hydrogen) atoms. The number of benzene rings is 1. The van der Waals surface area contributed by atoms with Crippen molar-refractivity contribution in [3.8, 4) is 5.69 Å². The lowest BCUT2D eigenvalue weighted by molar-refractivity contribution is 0.0322. The van der Waals surface area contributed by atoms with E-state index in [2.05, 4.69) is 5.32 Å². The fourth-order valence-electron chi connectivity index (χ4n) is 2.75. The number of nitrogens with zero attached hydrogens (tertiary/aromatic N) is 2. The molecule has 1 heterocycles. The number of hydrogen-bond acceptors (Lipinski definition) is 3. The summed E-state index contributed by atoms with van der Waals surface area (Å²) < 4.78 is 3.55. The van der Waals surface area contributed by atoms with E-state index in [0.29, 0.717) is 25.9 Å². The van der Waals surface area contributed by atoms with Crippen molar-refractivity contribution in [3.63, 3.8) is 0 Å². The first-order chi connectivity index (χ1) is 10.9. The molecule has 0 bridgehead atoms. The Labute approximate surface area is 137 Å². The molecule has 0 amide bonds. The third kappa shape index (κ3) is 3.57. The lowest BCUT2D eigenvalue weighted by Gasteiger charge is -2.25. The van der Waals surface area contributed by atoms with Crippen LogP contribution in [0.5, 0.6) is 0 Å². The van der Waals surface area contributed by atoms with Crippen LogP contribution in [0.1, 0.15) is 37.9 Å². The number of para-hydroxylation sites is 1. The third-order valence-electron chi connectivity index (χ3n) is 4.75. The molecule has 0 aliphatic rings. The van der Waals surface area contributed by atoms with Crippen LogP contribution in [0.3, 0.4) is 0 Å². The van der Waals surface area contributed by atoms with E-state index in [1.807, 2.05) is 62.8 Å². The third-order valence-corrected chi connectivity index (χ3v) is 4.75. The molecule has 126 valence electrons. The smallest absolute Gasteiger partial charge is 0.276 e. The van der Waals surface area contributed by atoms with Gasteiger partial charge in [-0.15, -0.1) is 0 Å². The second-order valence-electron chi connectivity index (χ2n) is 6.08. The lowest BCUT2D eigenvalue weighted by Crippen LogP contribution is -2.39. The highest BCUT2D eigenvalue weighted by Gasteiger charge is 2.22. The van der Waals surface area contributed by atoms with E-state index >= 15 is 0 Å². The van der Waals surface area contributed by atoms with Gasteiger partial charge in [0.05, 0.1) is 16.9 Å². The first kappa shape index (κ1) is 17.5. The summed E-state index contributed by atoms with van der Waals surface area (Å²) in [5, 5.41) is 13.6. The summed E-state index contributed by atoms with van der Waals surface area (Å²) >= 11 is 0. The highest BCUT2D eigenvalue weighted by atomic mass is 16.3. The lowest BCUT2D eigenvalue weighted by atomic mass is 9.97. The van der Waals surface area contributed by atoms with Crippen molar-refractivity contribution < 1.29 is 5.11 Å². The van der Waals surface area contributed by atoms with Gasteiger partial charge in [0.2, 0.25) is 0 Å². The van der Waals surface area contributed by atoms with E-state index in [1.54, 1.807) is 4.68 Å². The van der Waals surface area contributed by atoms with Gasteiger partial charge in [-0.2, -0.15) is 0 Å². The van der Waals surface area contributed by atoms with Gasteiger partial charge in [0.15, 0.2) is 0 Å². The van der Waals surface area contributed by atoms with Crippen molar-refractivity contribution in [1.82, 2.24) is 14.7 Å². The maximum absolute atomic E-state index is 12.7. The van der Waals surface area contributed by atoms with Gasteiger partial charge in [-0.3, -0.25) is 9.48 Å². The van der Waals surface area contributed by atoms with Crippen molar-refractivity contribution >= 4 is 0 Å². The van der Waals surface area contributed by atoms with Crippen molar-refractivity contribution in [2.24, 2.45) is 7.05 Å². The van der Waals surface area contributed by atoms with Crippen molar-refractivity contribution in [2.45, 2.75) is 45.8 Å². The maximum Gasteiger partial charge on any atom is 0.276 e. The van der Waals surface area contributed by atoms with Crippen molar-refractivity contribution in [2.75, 3.05) is 6.54 Å². The van der Waals surface area contributed by atoms with Crippen LogP contribution in [-0.4, -0.2) is 26.6 Å². The Morgan fingerprint density at radius 3 is 2.35 bits per heavy atom. The molecular formula is C18H27N3O2. The molecule has 1 aromatic heterocycles. The Hall–Kier alpha value is -1.85. The van der Waals surface area contributed by atoms with Crippen molar-refractivity contribution in [1.29, 1.82) is 0 Å². The zero-order valence-electron chi connectivity index (χ0n) is 14.5. The van der Waals surface area contributed by atoms with Crippen LogP contribution in [0.25, 0.3) is 5.69 Å². The normalized spacial score (nSPS) is 11.9. The molecule has 2 rings (SSSR count). The molecule has 0 aliphatic heterocycles. The molecule has 0 spiro atoms. The topological polar surface area (TPSA) is 59.2 Å². The number of nitrogens with one attached hydrogen (secondary N) is 1. The summed E-state index contributed by atoms with van der Waals surface area (Å²) in [6, 6.07) is 9.62. The molecule has 0 fully saturated rings. The highest BCUT2D eigenvalue weighted by Crippen LogP contribution is 2.14. The van der Waals surface area contributed by atoms with E-state index in [4.69, 9.17) is 0 Å². The van der Waals surface area contributed by atoms with Crippen LogP contribution in [0.15, 0.2) is 35.1 Å². The zero-order chi connectivity index (χ0) is 17.0. The minimum atomic E-state index is -0.707. The zero-order valence-corrected chi connectivity index (χ0v) is 14.5. The average Bonchev–Trinajstić information content (AvgIpc) is 2.79. The van der Waals surface area contributed by atoms with Crippen LogP contribution in [0.2, 0.25) is 0 Å². The molecule has 0 saturated carbocycles. The summed E-state index contributed by atoms with van der Waals surface area (Å²) in [6.07, 6.45) is 1.39. The van der Waals surface area contributed by atoms with Gasteiger partial charge in [-0.25, -0.2) is 4.68 Å². The number of aromatic nitrogens is 2. The van der Waals surface area contributed by atoms with Crippen LogP contribution in [0, 0.1) is 6.92 Å². The minimum absolute atomic E-state index is 0.0137. The monoisotopic (exact) mass is 317 g/mol. The summed E-state index contributed by atoms with van der Waals surface area (Å²) in [5.74, 6) is 0. The van der Waals surface area contributed by atoms with Crippen LogP contribution in [-0.2, 0) is 13.6 Å². The quantitative estimate of drug-likeness (QED) is 0.822. The Morgan fingerprint density at radius 1 is 1.17 bits per heavy atom. The van der Waals surface area contributed by atoms with Gasteiger partial charge >= 0.3 is 0 Å². The van der Waals surface area contributed by atoms with Gasteiger partial charge in [0.1, 0.15) is 0 Å². The summed E-state index contributed by atoms with van der Waals surface area (Å²) in [5.41, 5.74) is 1.81. The Bertz CT molecular complexity index is 697. The maximum atomic E-state index is 12.7. The second kappa shape index (κ2) is 7.15. The molecule has 2 N–H and O–H groups in total. The standard InChI is InChI=1S/C18H27N3O2/c1-5-18(23,6-2)13-19-12-16-14(3)20(4)21(17(16)22)15-10-8-7-9-11-15/h7-11,19,23H,5-6,12-13H2,1-4H3. The van der Waals surface area contributed by atoms with Crippen molar-refractivity contribution in [3.05, 3.63) is 51.9 Å². The fraction of sp³-hybridized carbons (Fsp3) is 0.500.